The molecule has 0 saturated carbocycles. The van der Waals surface area contributed by atoms with Gasteiger partial charge < -0.3 is 0 Å². The van der Waals surface area contributed by atoms with Crippen molar-refractivity contribution in [3.8, 4) is 11.1 Å². The molecule has 5 aromatic rings. The Bertz CT molecular complexity index is 1770. The summed E-state index contributed by atoms with van der Waals surface area (Å²) in [4.78, 5) is 9.49. The van der Waals surface area contributed by atoms with Gasteiger partial charge in [0.2, 0.25) is 0 Å². The Morgan fingerprint density at radius 3 is 2.10 bits per heavy atom. The Labute approximate surface area is 243 Å². The van der Waals surface area contributed by atoms with E-state index in [0.29, 0.717) is 6.54 Å². The lowest BCUT2D eigenvalue weighted by atomic mass is 9.98. The van der Waals surface area contributed by atoms with Crippen LogP contribution in [0.15, 0.2) is 156 Å². The van der Waals surface area contributed by atoms with Gasteiger partial charge >= 0.3 is 0 Å². The zero-order valence-electron chi connectivity index (χ0n) is 23.7. The molecular formula is C39H34N2. The van der Waals surface area contributed by atoms with Crippen LogP contribution in [0.3, 0.4) is 0 Å². The summed E-state index contributed by atoms with van der Waals surface area (Å²) in [6.07, 6.45) is 8.34. The van der Waals surface area contributed by atoms with Crippen LogP contribution in [-0.2, 0) is 6.54 Å². The molecule has 0 aliphatic heterocycles. The molecule has 0 N–H and O–H groups in total. The van der Waals surface area contributed by atoms with Crippen LogP contribution in [-0.4, -0.2) is 12.4 Å². The van der Waals surface area contributed by atoms with Crippen LogP contribution < -0.4 is 0 Å². The third kappa shape index (κ3) is 6.74. The molecule has 0 unspecified atom stereocenters. The summed E-state index contributed by atoms with van der Waals surface area (Å²) in [5, 5.41) is 2.48. The smallest absolute Gasteiger partial charge is 0.0716 e. The van der Waals surface area contributed by atoms with Gasteiger partial charge in [-0.05, 0) is 82.9 Å². The number of rotatable bonds is 9. The van der Waals surface area contributed by atoms with Gasteiger partial charge in [0.25, 0.3) is 0 Å². The predicted molar refractivity (Wildman–Crippen MR) is 178 cm³/mol. The Morgan fingerprint density at radius 1 is 0.659 bits per heavy atom. The van der Waals surface area contributed by atoms with Crippen LogP contribution in [0.25, 0.3) is 33.2 Å². The van der Waals surface area contributed by atoms with Crippen molar-refractivity contribution in [2.45, 2.75) is 20.4 Å². The lowest BCUT2D eigenvalue weighted by Gasteiger charge is -2.10. The number of benzene rings is 5. The molecule has 2 heteroatoms. The van der Waals surface area contributed by atoms with E-state index in [1.165, 1.54) is 27.5 Å². The lowest BCUT2D eigenvalue weighted by molar-refractivity contribution is 1.07. The van der Waals surface area contributed by atoms with E-state index in [1.54, 1.807) is 0 Å². The Kier molecular flexibility index (Phi) is 8.93. The SMILES string of the molecule is C=N/C(=C\C(=N/Cc1ccccc1)c1ccc(-c2ccc3ccccc3c2)cc1)c1cccc(C(/C=C\C)=C/C)c1. The second-order valence-corrected chi connectivity index (χ2v) is 9.84. The molecule has 2 nitrogen and oxygen atoms in total. The molecule has 0 aliphatic rings. The minimum atomic E-state index is 0.577. The summed E-state index contributed by atoms with van der Waals surface area (Å²) in [5.41, 5.74) is 9.51. The molecule has 0 bridgehead atoms. The molecule has 41 heavy (non-hydrogen) atoms. The van der Waals surface area contributed by atoms with E-state index in [4.69, 9.17) is 4.99 Å². The molecule has 0 amide bonds. The average molecular weight is 531 g/mol. The Balaban J connectivity index is 1.53. The highest BCUT2D eigenvalue weighted by molar-refractivity contribution is 6.12. The van der Waals surface area contributed by atoms with Gasteiger partial charge in [0.1, 0.15) is 0 Å². The van der Waals surface area contributed by atoms with E-state index in [1.807, 2.05) is 31.2 Å². The quantitative estimate of drug-likeness (QED) is 0.134. The highest BCUT2D eigenvalue weighted by Crippen LogP contribution is 2.27. The second kappa shape index (κ2) is 13.3. The first-order valence-corrected chi connectivity index (χ1v) is 13.9. The van der Waals surface area contributed by atoms with Gasteiger partial charge in [-0.1, -0.05) is 127 Å². The predicted octanol–water partition coefficient (Wildman–Crippen LogP) is 10.2. The fourth-order valence-electron chi connectivity index (χ4n) is 4.93. The van der Waals surface area contributed by atoms with Gasteiger partial charge in [0, 0.05) is 5.56 Å². The van der Waals surface area contributed by atoms with Crippen molar-refractivity contribution in [3.05, 3.63) is 168 Å². The van der Waals surface area contributed by atoms with Gasteiger partial charge in [-0.15, -0.1) is 0 Å². The van der Waals surface area contributed by atoms with Crippen molar-refractivity contribution >= 4 is 34.5 Å². The zero-order chi connectivity index (χ0) is 28.4. The van der Waals surface area contributed by atoms with E-state index in [0.717, 1.165) is 33.7 Å². The minimum absolute atomic E-state index is 0.577. The number of allylic oxidation sites excluding steroid dienone is 5. The molecule has 0 aromatic heterocycles. The first kappa shape index (κ1) is 27.5. The molecule has 200 valence electrons. The van der Waals surface area contributed by atoms with E-state index >= 15 is 0 Å². The van der Waals surface area contributed by atoms with Crippen molar-refractivity contribution in [2.24, 2.45) is 9.98 Å². The third-order valence-electron chi connectivity index (χ3n) is 7.13. The van der Waals surface area contributed by atoms with Gasteiger partial charge in [0.15, 0.2) is 0 Å². The minimum Gasteiger partial charge on any atom is -0.280 e. The fourth-order valence-corrected chi connectivity index (χ4v) is 4.93. The average Bonchev–Trinajstić information content (AvgIpc) is 3.04. The van der Waals surface area contributed by atoms with Crippen molar-refractivity contribution < 1.29 is 0 Å². The van der Waals surface area contributed by atoms with Crippen molar-refractivity contribution in [1.82, 2.24) is 0 Å². The number of fused-ring (bicyclic) bond motifs is 1. The van der Waals surface area contributed by atoms with E-state index in [9.17, 15) is 0 Å². The fraction of sp³-hybridized carbons (Fsp3) is 0.0769. The molecule has 5 rings (SSSR count). The first-order chi connectivity index (χ1) is 20.2. The molecule has 0 saturated heterocycles. The van der Waals surface area contributed by atoms with Crippen LogP contribution in [0.1, 0.15) is 36.1 Å². The molecule has 0 radical (unpaired) electrons. The molecule has 0 aliphatic carbocycles. The van der Waals surface area contributed by atoms with Crippen LogP contribution in [0.2, 0.25) is 0 Å². The van der Waals surface area contributed by atoms with Crippen molar-refractivity contribution in [2.75, 3.05) is 0 Å². The van der Waals surface area contributed by atoms with Crippen LogP contribution >= 0.6 is 0 Å². The van der Waals surface area contributed by atoms with E-state index in [-0.39, 0.29) is 0 Å². The molecular weight excluding hydrogens is 496 g/mol. The highest BCUT2D eigenvalue weighted by Gasteiger charge is 2.09. The molecule has 0 atom stereocenters. The van der Waals surface area contributed by atoms with Crippen molar-refractivity contribution in [1.29, 1.82) is 0 Å². The monoisotopic (exact) mass is 530 g/mol. The third-order valence-corrected chi connectivity index (χ3v) is 7.13. The summed E-state index contributed by atoms with van der Waals surface area (Å²) in [6, 6.07) is 42.4. The van der Waals surface area contributed by atoms with Crippen LogP contribution in [0.5, 0.6) is 0 Å². The molecule has 0 heterocycles. The van der Waals surface area contributed by atoms with Gasteiger partial charge in [-0.3, -0.25) is 9.98 Å². The summed E-state index contributed by atoms with van der Waals surface area (Å²) < 4.78 is 0. The van der Waals surface area contributed by atoms with Gasteiger partial charge in [-0.2, -0.15) is 0 Å². The number of aliphatic imine (C=N–C) groups is 2. The van der Waals surface area contributed by atoms with Crippen LogP contribution in [0, 0.1) is 0 Å². The summed E-state index contributed by atoms with van der Waals surface area (Å²) in [7, 11) is 0. The molecule has 0 fully saturated rings. The van der Waals surface area contributed by atoms with E-state index < -0.39 is 0 Å². The van der Waals surface area contributed by atoms with Gasteiger partial charge in [0.05, 0.1) is 18.0 Å². The molecule has 0 spiro atoms. The summed E-state index contributed by atoms with van der Waals surface area (Å²) in [5.74, 6) is 0. The van der Waals surface area contributed by atoms with Gasteiger partial charge in [-0.25, -0.2) is 0 Å². The topological polar surface area (TPSA) is 24.7 Å². The Hall–Kier alpha value is -5.08. The summed E-state index contributed by atoms with van der Waals surface area (Å²) in [6.45, 7) is 8.58. The lowest BCUT2D eigenvalue weighted by Crippen LogP contribution is -2.00. The molecule has 5 aromatic carbocycles. The Morgan fingerprint density at radius 2 is 1.37 bits per heavy atom. The van der Waals surface area contributed by atoms with E-state index in [2.05, 4.69) is 140 Å². The number of hydrogen-bond acceptors (Lipinski definition) is 2. The first-order valence-electron chi connectivity index (χ1n) is 13.9. The largest absolute Gasteiger partial charge is 0.280 e. The standard InChI is InChI=1S/C39H34N2/c1-4-12-30(5-2)34-17-11-18-37(26-34)38(40-3)27-39(41-28-29-13-7-6-8-14-29)33-22-19-32(20-23-33)36-24-21-31-15-9-10-16-35(31)25-36/h4-27H,3,28H2,1-2H3/b12-4-,30-5+,38-27-,41-39+. The number of hydrogen-bond donors (Lipinski definition) is 0. The highest BCUT2D eigenvalue weighted by atomic mass is 14.8. The second-order valence-electron chi connectivity index (χ2n) is 9.84. The van der Waals surface area contributed by atoms with Crippen LogP contribution in [0.4, 0.5) is 0 Å². The maximum absolute atomic E-state index is 5.05. The normalized spacial score (nSPS) is 12.7. The van der Waals surface area contributed by atoms with Crippen molar-refractivity contribution in [3.63, 3.8) is 0 Å². The maximum Gasteiger partial charge on any atom is 0.0716 e. The maximum atomic E-state index is 5.05. The summed E-state index contributed by atoms with van der Waals surface area (Å²) >= 11 is 0. The number of nitrogens with zero attached hydrogens (tertiary/aromatic N) is 2. The zero-order valence-corrected chi connectivity index (χ0v) is 23.7.